The number of nitrogens with zero attached hydrogens (tertiary/aromatic N) is 14. The highest BCUT2D eigenvalue weighted by Crippen LogP contribution is 2.47. The van der Waals surface area contributed by atoms with Crippen molar-refractivity contribution in [3.63, 3.8) is 0 Å². The van der Waals surface area contributed by atoms with Crippen molar-refractivity contribution in [1.29, 1.82) is 0 Å². The molecule has 42 nitrogen and oxygen atoms in total. The van der Waals surface area contributed by atoms with Crippen LogP contribution in [0.15, 0.2) is 186 Å². The summed E-state index contributed by atoms with van der Waals surface area (Å²) in [5.41, 5.74) is 16.2. The molecule has 18 rings (SSSR count). The molecule has 2 aliphatic carbocycles. The molecule has 1 unspecified atom stereocenters. The van der Waals surface area contributed by atoms with Gasteiger partial charge in [-0.1, -0.05) is 182 Å². The molecule has 0 bridgehead atoms. The van der Waals surface area contributed by atoms with Gasteiger partial charge in [0.1, 0.15) is 22.9 Å². The quantitative estimate of drug-likeness (QED) is 0.0267. The van der Waals surface area contributed by atoms with E-state index in [4.69, 9.17) is 122 Å². The number of carbonyl (C=O) groups is 2. The first-order chi connectivity index (χ1) is 71.0. The molecule has 3 amide bonds. The fourth-order valence-electron chi connectivity index (χ4n) is 15.8. The number of aryl methyl sites for hydroxylation is 5. The first-order valence-corrected chi connectivity index (χ1v) is 49.7. The molecule has 9 aromatic heterocycles. The number of nitrogens with two attached hydrogens (primary N) is 1. The number of rotatable bonds is 24. The number of H-pyrrole nitrogens is 8. The molecule has 13 N–H and O–H groups in total. The van der Waals surface area contributed by atoms with Crippen LogP contribution < -0.4 is 102 Å². The van der Waals surface area contributed by atoms with Crippen LogP contribution in [0.1, 0.15) is 204 Å². The summed E-state index contributed by atoms with van der Waals surface area (Å²) < 4.78 is 25.9. The second kappa shape index (κ2) is 46.7. The van der Waals surface area contributed by atoms with Crippen LogP contribution in [0.5, 0.6) is 46.5 Å². The molecule has 4 atom stereocenters. The number of aromatic amines is 8. The molecule has 14 aromatic rings. The van der Waals surface area contributed by atoms with Crippen LogP contribution in [0.3, 0.4) is 0 Å². The summed E-state index contributed by atoms with van der Waals surface area (Å²) in [5.74, 6) is 3.15. The molecular formula is C100H100Cl8N26O16. The Labute approximate surface area is 891 Å². The van der Waals surface area contributed by atoms with Gasteiger partial charge in [0.15, 0.2) is 34.5 Å². The van der Waals surface area contributed by atoms with E-state index in [9.17, 15) is 57.5 Å². The van der Waals surface area contributed by atoms with Crippen LogP contribution in [0.25, 0.3) is 28.1 Å². The Balaban J connectivity index is 0.000000148. The van der Waals surface area contributed by atoms with E-state index in [0.717, 1.165) is 84.6 Å². The highest BCUT2D eigenvalue weighted by Gasteiger charge is 2.34. The number of amidine groups is 1. The monoisotopic (exact) mass is 2200 g/mol. The van der Waals surface area contributed by atoms with Gasteiger partial charge < -0.3 is 40.3 Å². The third kappa shape index (κ3) is 25.5. The largest absolute Gasteiger partial charge is 0.434 e. The number of urea groups is 1. The maximum atomic E-state index is 12.2. The number of carbonyl (C=O) groups excluding carboxylic acids is 2. The predicted molar refractivity (Wildman–Crippen MR) is 573 cm³/mol. The molecule has 0 saturated heterocycles. The fourth-order valence-corrected chi connectivity index (χ4v) is 18.0. The first kappa shape index (κ1) is 110. The van der Waals surface area contributed by atoms with Crippen molar-refractivity contribution in [2.24, 2.45) is 39.6 Å². The van der Waals surface area contributed by atoms with Gasteiger partial charge in [0.05, 0.1) is 79.7 Å². The van der Waals surface area contributed by atoms with Crippen molar-refractivity contribution in [3.8, 4) is 63.6 Å². The topological polar surface area (TPSA) is 576 Å². The van der Waals surface area contributed by atoms with E-state index >= 15 is 0 Å². The van der Waals surface area contributed by atoms with E-state index in [-0.39, 0.29) is 202 Å². The Bertz CT molecular complexity index is 8130. The van der Waals surface area contributed by atoms with Gasteiger partial charge in [0.2, 0.25) is 23.5 Å². The highest BCUT2D eigenvalue weighted by atomic mass is 35.5. The fraction of sp³-hybridized carbons (Fsp3) is 0.300. The number of halogens is 8. The van der Waals surface area contributed by atoms with Crippen LogP contribution in [0.2, 0.25) is 40.2 Å². The minimum atomic E-state index is -0.735. The third-order valence-electron chi connectivity index (χ3n) is 25.4. The SMILES string of the molecule is C=C1NC(=O)N(c2cc(Cl)c(Oc3cc(C(C)C4CC4)c(=O)[nH]n3)c(Cl)c2)N=C1N.C=C1NN=C(c2cc(C)c(Cc3ccc4[nH]cc(C(C)C)c4n3)c(C)c2)C(=O)N1.Cc1nn(-c2cc(Cl)c(Oc3cc([C@@H](C)C(C)C)c(=O)[nH]n3)c(Cl)c2)c(=O)[nH]c1=O.Cc1nn(-c2cc(Cl)c(Oc3cc([C@@H](C)C4CCC4)c(=O)[nH]n3)c(Cl)c2)c(=O)[nH]c1=O.Cc1nn(-c2cc(Cl)c(Oc3cc([C@H](C)C(C)C)c(=O)[nH]n3)c(Cl)c2)c(=O)[nH]c1=O. The summed E-state index contributed by atoms with van der Waals surface area (Å²) in [4.78, 5) is 158. The Morgan fingerprint density at radius 2 is 0.787 bits per heavy atom. The molecule has 150 heavy (non-hydrogen) atoms. The van der Waals surface area contributed by atoms with E-state index in [2.05, 4.69) is 161 Å². The number of amides is 3. The van der Waals surface area contributed by atoms with Crippen molar-refractivity contribution < 1.29 is 28.5 Å². The molecule has 5 aromatic carbocycles. The summed E-state index contributed by atoms with van der Waals surface area (Å²) >= 11 is 50.7. The van der Waals surface area contributed by atoms with Gasteiger partial charge in [-0.3, -0.25) is 63.7 Å². The zero-order valence-corrected chi connectivity index (χ0v) is 89.1. The number of pyridine rings is 1. The lowest BCUT2D eigenvalue weighted by molar-refractivity contribution is -0.114. The van der Waals surface area contributed by atoms with Crippen LogP contribution >= 0.6 is 92.8 Å². The number of fused-ring (bicyclic) bond motifs is 1. The number of hydrogen-bond acceptors (Lipinski definition) is 28. The van der Waals surface area contributed by atoms with E-state index in [1.165, 1.54) is 86.8 Å². The number of anilines is 1. The second-order valence-electron chi connectivity index (χ2n) is 36.8. The molecule has 4 aliphatic rings. The average molecular weight is 2210 g/mol. The van der Waals surface area contributed by atoms with Gasteiger partial charge in [0.25, 0.3) is 44.8 Å². The van der Waals surface area contributed by atoms with E-state index in [1.54, 1.807) is 24.3 Å². The summed E-state index contributed by atoms with van der Waals surface area (Å²) in [6.45, 7) is 36.1. The van der Waals surface area contributed by atoms with Crippen LogP contribution in [0, 0.1) is 58.3 Å². The molecule has 0 radical (unpaired) electrons. The van der Waals surface area contributed by atoms with Gasteiger partial charge in [-0.2, -0.15) is 39.5 Å². The lowest BCUT2D eigenvalue weighted by atomic mass is 9.74. The van der Waals surface area contributed by atoms with Crippen molar-refractivity contribution in [2.75, 3.05) is 5.01 Å². The Morgan fingerprint density at radius 3 is 1.13 bits per heavy atom. The number of ether oxygens (including phenoxy) is 4. The first-order valence-electron chi connectivity index (χ1n) is 46.7. The zero-order chi connectivity index (χ0) is 109. The number of benzene rings is 5. The minimum Gasteiger partial charge on any atom is -0.434 e. The van der Waals surface area contributed by atoms with Crippen molar-refractivity contribution in [1.82, 2.24) is 111 Å². The Kier molecular flexibility index (Phi) is 34.4. The average Bonchev–Trinajstić information content (AvgIpc) is 1.07. The van der Waals surface area contributed by atoms with E-state index in [0.29, 0.717) is 51.5 Å². The molecule has 782 valence electrons. The summed E-state index contributed by atoms with van der Waals surface area (Å²) in [6.07, 6.45) is 8.35. The third-order valence-corrected chi connectivity index (χ3v) is 27.6. The van der Waals surface area contributed by atoms with Crippen molar-refractivity contribution in [2.45, 2.75) is 172 Å². The lowest BCUT2D eigenvalue weighted by Crippen LogP contribution is -2.45. The minimum absolute atomic E-state index is 0.0196. The molecule has 50 heteroatoms. The van der Waals surface area contributed by atoms with Gasteiger partial charge in [0, 0.05) is 70.4 Å². The Hall–Kier alpha value is -15.2. The molecule has 2 aliphatic heterocycles. The van der Waals surface area contributed by atoms with Gasteiger partial charge in [-0.05, 0) is 209 Å². The zero-order valence-electron chi connectivity index (χ0n) is 83.1. The normalized spacial score (nSPS) is 14.2. The molecule has 11 heterocycles. The van der Waals surface area contributed by atoms with Gasteiger partial charge in [-0.15, -0.1) is 25.5 Å². The molecule has 0 spiro atoms. The number of nitrogens with one attached hydrogen (secondary N) is 11. The second-order valence-corrected chi connectivity index (χ2v) is 40.1. The predicted octanol–water partition coefficient (Wildman–Crippen LogP) is 17.1. The number of aromatic nitrogens is 19. The van der Waals surface area contributed by atoms with Crippen molar-refractivity contribution >= 4 is 133 Å². The van der Waals surface area contributed by atoms with Gasteiger partial charge >= 0.3 is 23.1 Å². The summed E-state index contributed by atoms with van der Waals surface area (Å²) in [6, 6.07) is 25.3. The molecule has 2 saturated carbocycles. The van der Waals surface area contributed by atoms with E-state index < -0.39 is 39.8 Å². The van der Waals surface area contributed by atoms with Crippen molar-refractivity contribution in [3.05, 3.63) is 345 Å². The summed E-state index contributed by atoms with van der Waals surface area (Å²) in [7, 11) is 0. The van der Waals surface area contributed by atoms with Crippen LogP contribution in [0.4, 0.5) is 10.5 Å². The Morgan fingerprint density at radius 1 is 0.433 bits per heavy atom. The van der Waals surface area contributed by atoms with E-state index in [1.807, 2.05) is 67.5 Å². The highest BCUT2D eigenvalue weighted by molar-refractivity contribution is 6.46. The number of hydrazone groups is 2. The maximum Gasteiger partial charge on any atom is 0.349 e. The lowest BCUT2D eigenvalue weighted by Gasteiger charge is -2.31. The number of hydrogen-bond donors (Lipinski definition) is 12. The van der Waals surface area contributed by atoms with Crippen LogP contribution in [-0.4, -0.2) is 119 Å². The standard InChI is InChI=1S/C23H25N5O.C20H19Cl2N5O4.C19H18Cl2N6O3.2C19H19Cl2N5O4/c1-12(2)19-11-24-20-7-6-17(26-22(19)20)10-18-13(3)8-16(9-14(18)4)21-23(29)25-15(5)27-28-21;1-9(11-4-3-5-11)13-8-16(24-25-19(13)29)31-17-14(21)6-12(7-15(17)22)27-20(30)23-18(28)10(2)26-27;1-8(10-3-4-10)12-7-15(24-25-18(12)28)30-16-13(20)5-11(6-14(16)21)27-19(29)23-9(2)17(22)26-27;2*1-8(2)9(3)12-7-15(23-24-18(12)28)30-16-13(20)5-11(6-14(16)21)26-19(29)22-17(27)10(4)25-26/h6-9,11-12,24,27H,5,10H2,1-4H3,(H,25,29);6-9,11H,3-5H2,1-2H3,(H,25,29)(H,23,28,30);5-8,10H,2-4H2,1H3,(H2,22,26)(H,23,29)(H,25,28);2*5-9H,1-4H3,(H,24,28)(H,22,27,29)/t;9-;;2*9-/m.0.10/s1. The van der Waals surface area contributed by atoms with Gasteiger partial charge in [-0.25, -0.2) is 39.6 Å². The molecule has 2 fully saturated rings. The molecular weight excluding hydrogens is 2100 g/mol. The maximum absolute atomic E-state index is 12.2. The summed E-state index contributed by atoms with van der Waals surface area (Å²) in [5, 5.41) is 52.3. The van der Waals surface area contributed by atoms with Crippen LogP contribution in [-0.2, 0) is 11.2 Å². The smallest absolute Gasteiger partial charge is 0.349 e.